The molecule has 0 saturated carbocycles. The molecule has 0 aromatic carbocycles. The van der Waals surface area contributed by atoms with Crippen LogP contribution in [0.4, 0.5) is 0 Å². The average molecular weight is 174 g/mol. The summed E-state index contributed by atoms with van der Waals surface area (Å²) in [5.74, 6) is 0. The van der Waals surface area contributed by atoms with E-state index in [9.17, 15) is 0 Å². The summed E-state index contributed by atoms with van der Waals surface area (Å²) >= 11 is 0. The zero-order valence-electron chi connectivity index (χ0n) is 8.64. The van der Waals surface area contributed by atoms with Crippen molar-refractivity contribution in [3.8, 4) is 0 Å². The Bertz CT molecular complexity index is 83.9. The van der Waals surface area contributed by atoms with Gasteiger partial charge in [0, 0.05) is 0 Å². The Balaban J connectivity index is 3.19. The van der Waals surface area contributed by atoms with Crippen molar-refractivity contribution in [3.63, 3.8) is 0 Å². The molecule has 1 atom stereocenters. The first-order valence-electron chi connectivity index (χ1n) is 5.13. The van der Waals surface area contributed by atoms with Gasteiger partial charge < -0.3 is 0 Å². The lowest BCUT2D eigenvalue weighted by Gasteiger charge is -2.13. The van der Waals surface area contributed by atoms with Gasteiger partial charge in [0.05, 0.1) is 12.7 Å². The Morgan fingerprint density at radius 3 is 2.33 bits per heavy atom. The fourth-order valence-electron chi connectivity index (χ4n) is 0.990. The molecule has 0 radical (unpaired) electrons. The largest absolute Gasteiger partial charge is 0.236 e. The predicted octanol–water partition coefficient (Wildman–Crippen LogP) is 3.31. The molecule has 0 spiro atoms. The summed E-state index contributed by atoms with van der Waals surface area (Å²) in [5, 5.41) is 0. The second kappa shape index (κ2) is 9.01. The highest BCUT2D eigenvalue weighted by Gasteiger charge is 2.04. The molecule has 0 aliphatic carbocycles. The second-order valence-electron chi connectivity index (χ2n) is 3.09. The lowest BCUT2D eigenvalue weighted by molar-refractivity contribution is -0.326. The van der Waals surface area contributed by atoms with E-state index in [1.54, 1.807) is 0 Å². The van der Waals surface area contributed by atoms with Crippen molar-refractivity contribution in [2.24, 2.45) is 0 Å². The molecule has 0 N–H and O–H groups in total. The quantitative estimate of drug-likeness (QED) is 0.319. The van der Waals surface area contributed by atoms with E-state index < -0.39 is 0 Å². The van der Waals surface area contributed by atoms with E-state index in [0.29, 0.717) is 6.10 Å². The Morgan fingerprint density at radius 2 is 1.83 bits per heavy atom. The Morgan fingerprint density at radius 1 is 1.08 bits per heavy atom. The molecule has 1 unspecified atom stereocenters. The summed E-state index contributed by atoms with van der Waals surface area (Å²) in [6.45, 7) is 7.17. The maximum absolute atomic E-state index is 5.23. The van der Waals surface area contributed by atoms with E-state index in [4.69, 9.17) is 9.78 Å². The number of rotatable bonds is 8. The SMILES string of the molecule is CCCCOOC(CC)CCC. The molecule has 0 saturated heterocycles. The topological polar surface area (TPSA) is 18.5 Å². The van der Waals surface area contributed by atoms with Crippen LogP contribution in [0.3, 0.4) is 0 Å². The van der Waals surface area contributed by atoms with Crippen molar-refractivity contribution < 1.29 is 9.78 Å². The zero-order chi connectivity index (χ0) is 9.23. The first-order chi connectivity index (χ1) is 5.85. The van der Waals surface area contributed by atoms with Crippen LogP contribution in [-0.2, 0) is 9.78 Å². The maximum atomic E-state index is 5.23. The van der Waals surface area contributed by atoms with Crippen LogP contribution < -0.4 is 0 Å². The molecule has 2 heteroatoms. The van der Waals surface area contributed by atoms with Crippen LogP contribution in [-0.4, -0.2) is 12.7 Å². The molecule has 0 aliphatic rings. The summed E-state index contributed by atoms with van der Waals surface area (Å²) in [6.07, 6.45) is 5.85. The fourth-order valence-corrected chi connectivity index (χ4v) is 0.990. The van der Waals surface area contributed by atoms with Gasteiger partial charge in [-0.25, -0.2) is 9.78 Å². The molecule has 0 fully saturated rings. The van der Waals surface area contributed by atoms with Crippen molar-refractivity contribution in [3.05, 3.63) is 0 Å². The van der Waals surface area contributed by atoms with Gasteiger partial charge in [0.1, 0.15) is 0 Å². The lowest BCUT2D eigenvalue weighted by Crippen LogP contribution is -2.12. The monoisotopic (exact) mass is 174 g/mol. The first kappa shape index (κ1) is 11.9. The molecule has 0 aromatic heterocycles. The van der Waals surface area contributed by atoms with Gasteiger partial charge in [0.2, 0.25) is 0 Å². The smallest absolute Gasteiger partial charge is 0.0927 e. The Kier molecular flexibility index (Phi) is 8.95. The van der Waals surface area contributed by atoms with E-state index in [1.807, 2.05) is 0 Å². The minimum atomic E-state index is 0.298. The predicted molar refractivity (Wildman–Crippen MR) is 50.9 cm³/mol. The third-order valence-corrected chi connectivity index (χ3v) is 1.85. The summed E-state index contributed by atoms with van der Waals surface area (Å²) in [4.78, 5) is 10.3. The molecule has 0 aromatic rings. The van der Waals surface area contributed by atoms with E-state index >= 15 is 0 Å². The molecule has 0 amide bonds. The molecule has 2 nitrogen and oxygen atoms in total. The van der Waals surface area contributed by atoms with Crippen LogP contribution in [0.5, 0.6) is 0 Å². The Hall–Kier alpha value is -0.0800. The highest BCUT2D eigenvalue weighted by Crippen LogP contribution is 2.06. The van der Waals surface area contributed by atoms with Crippen LogP contribution in [0.2, 0.25) is 0 Å². The second-order valence-corrected chi connectivity index (χ2v) is 3.09. The fraction of sp³-hybridized carbons (Fsp3) is 1.00. The number of unbranched alkanes of at least 4 members (excludes halogenated alkanes) is 1. The molecular weight excluding hydrogens is 152 g/mol. The normalized spacial score (nSPS) is 13.2. The van der Waals surface area contributed by atoms with Crippen molar-refractivity contribution in [2.75, 3.05) is 6.61 Å². The Labute approximate surface area is 76.2 Å². The molecule has 12 heavy (non-hydrogen) atoms. The van der Waals surface area contributed by atoms with E-state index in [-0.39, 0.29) is 0 Å². The van der Waals surface area contributed by atoms with E-state index in [1.165, 1.54) is 0 Å². The molecule has 74 valence electrons. The van der Waals surface area contributed by atoms with Crippen LogP contribution in [0.15, 0.2) is 0 Å². The highest BCUT2D eigenvalue weighted by molar-refractivity contribution is 4.50. The number of hydrogen-bond donors (Lipinski definition) is 0. The van der Waals surface area contributed by atoms with Gasteiger partial charge in [0.15, 0.2) is 0 Å². The van der Waals surface area contributed by atoms with Gasteiger partial charge in [-0.2, -0.15) is 0 Å². The van der Waals surface area contributed by atoms with Crippen LogP contribution >= 0.6 is 0 Å². The van der Waals surface area contributed by atoms with Gasteiger partial charge in [-0.1, -0.05) is 33.6 Å². The van der Waals surface area contributed by atoms with Crippen molar-refractivity contribution >= 4 is 0 Å². The summed E-state index contributed by atoms with van der Waals surface area (Å²) < 4.78 is 0. The van der Waals surface area contributed by atoms with Crippen molar-refractivity contribution in [1.29, 1.82) is 0 Å². The summed E-state index contributed by atoms with van der Waals surface area (Å²) in [6, 6.07) is 0. The summed E-state index contributed by atoms with van der Waals surface area (Å²) in [5.41, 5.74) is 0. The van der Waals surface area contributed by atoms with Gasteiger partial charge in [-0.05, 0) is 19.3 Å². The average Bonchev–Trinajstić information content (AvgIpc) is 2.10. The van der Waals surface area contributed by atoms with Gasteiger partial charge in [0.25, 0.3) is 0 Å². The third-order valence-electron chi connectivity index (χ3n) is 1.85. The first-order valence-corrected chi connectivity index (χ1v) is 5.13. The minimum absolute atomic E-state index is 0.298. The minimum Gasteiger partial charge on any atom is -0.236 e. The van der Waals surface area contributed by atoms with E-state index in [2.05, 4.69) is 20.8 Å². The maximum Gasteiger partial charge on any atom is 0.0927 e. The van der Waals surface area contributed by atoms with Crippen LogP contribution in [0.25, 0.3) is 0 Å². The van der Waals surface area contributed by atoms with E-state index in [0.717, 1.165) is 38.7 Å². The van der Waals surface area contributed by atoms with Gasteiger partial charge >= 0.3 is 0 Å². The zero-order valence-corrected chi connectivity index (χ0v) is 8.64. The molecule has 0 rings (SSSR count). The molecule has 0 aliphatic heterocycles. The molecule has 0 bridgehead atoms. The lowest BCUT2D eigenvalue weighted by atomic mass is 10.2. The van der Waals surface area contributed by atoms with Gasteiger partial charge in [-0.3, -0.25) is 0 Å². The van der Waals surface area contributed by atoms with Crippen LogP contribution in [0, 0.1) is 0 Å². The third kappa shape index (κ3) is 6.62. The standard InChI is InChI=1S/C10H22O2/c1-4-7-9-11-12-10(6-3)8-5-2/h10H,4-9H2,1-3H3. The highest BCUT2D eigenvalue weighted by atomic mass is 17.2. The number of hydrogen-bond acceptors (Lipinski definition) is 2. The van der Waals surface area contributed by atoms with Crippen molar-refractivity contribution in [1.82, 2.24) is 0 Å². The molecule has 0 heterocycles. The van der Waals surface area contributed by atoms with Gasteiger partial charge in [-0.15, -0.1) is 0 Å². The summed E-state index contributed by atoms with van der Waals surface area (Å²) in [7, 11) is 0. The van der Waals surface area contributed by atoms with Crippen LogP contribution in [0.1, 0.15) is 52.9 Å². The molecular formula is C10H22O2. The van der Waals surface area contributed by atoms with Crippen molar-refractivity contribution in [2.45, 2.75) is 59.0 Å².